The predicted molar refractivity (Wildman–Crippen MR) is 287 cm³/mol. The van der Waals surface area contributed by atoms with Crippen LogP contribution in [0.15, 0.2) is 11.6 Å². The van der Waals surface area contributed by atoms with E-state index in [9.17, 15) is 71.2 Å². The van der Waals surface area contributed by atoms with Gasteiger partial charge in [0.25, 0.3) is 0 Å². The molecule has 0 amide bonds. The largest absolute Gasteiger partial charge is 0.467 e. The Bertz CT molecular complexity index is 2430. The second-order valence-corrected chi connectivity index (χ2v) is 28.5. The maximum atomic E-state index is 15.8. The van der Waals surface area contributed by atoms with Crippen molar-refractivity contribution in [3.8, 4) is 0 Å². The van der Waals surface area contributed by atoms with Crippen LogP contribution in [-0.4, -0.2) is 252 Å². The van der Waals surface area contributed by atoms with Crippen molar-refractivity contribution in [1.29, 1.82) is 0 Å². The molecular weight excluding hydrogens is 1120 g/mol. The third-order valence-electron chi connectivity index (χ3n) is 22.8. The fraction of sp³-hybridized carbons (Fsp3) is 0.932. The Morgan fingerprint density at radius 2 is 1.12 bits per heavy atom. The van der Waals surface area contributed by atoms with Gasteiger partial charge in [-0.05, 0) is 116 Å². The SMILES string of the molecule is COC(=O)[C@H]1O[C@@H](O[C@H]2CC[C@@]3(C)C(CC[C@]4(C)C3CC=C3C5CC(C)(C)CC[C@]5(C(=O)O[C@@H]5OC[C@@H](O)[C@H](O[C@@H]6O[C@@H](C)[C@H](O)[C@@H](O)[C@H]6O)[C@H]5O[C@@H]5O[C@@H](C)[C@H](O[C@@H]6OC[C@@H](O)[C@H](O)[C@H]6O)[C@@H](O)[C@H]5O)[C@H](O)C[C@]34C)C2(C)C)[C@H](O)[C@@H](O)[C@@H]1O. The first-order valence-corrected chi connectivity index (χ1v) is 30.3. The minimum absolute atomic E-state index is 0.0709. The van der Waals surface area contributed by atoms with Gasteiger partial charge >= 0.3 is 11.9 Å². The van der Waals surface area contributed by atoms with Gasteiger partial charge < -0.3 is 118 Å². The lowest BCUT2D eigenvalue weighted by molar-refractivity contribution is -0.384. The molecule has 10 rings (SSSR count). The van der Waals surface area contributed by atoms with E-state index in [1.807, 2.05) is 0 Å². The van der Waals surface area contributed by atoms with Crippen LogP contribution >= 0.6 is 0 Å². The normalized spacial score (nSPS) is 54.0. The quantitative estimate of drug-likeness (QED) is 0.0621. The molecule has 5 aliphatic carbocycles. The summed E-state index contributed by atoms with van der Waals surface area (Å²) in [6.07, 6.45) is -32.4. The third-order valence-corrected chi connectivity index (χ3v) is 22.8. The maximum Gasteiger partial charge on any atom is 0.337 e. The van der Waals surface area contributed by atoms with Crippen LogP contribution in [0.1, 0.15) is 120 Å². The summed E-state index contributed by atoms with van der Waals surface area (Å²) >= 11 is 0. The van der Waals surface area contributed by atoms with Gasteiger partial charge in [0.05, 0.1) is 44.7 Å². The van der Waals surface area contributed by atoms with Gasteiger partial charge in [0.1, 0.15) is 90.9 Å². The number of methoxy groups -OCH3 is 1. The number of aliphatic hydroxyl groups excluding tert-OH is 13. The molecule has 486 valence electrons. The lowest BCUT2D eigenvalue weighted by Crippen LogP contribution is -2.68. The van der Waals surface area contributed by atoms with E-state index in [0.717, 1.165) is 25.5 Å². The molecule has 26 nitrogen and oxygen atoms in total. The molecule has 5 aliphatic heterocycles. The third kappa shape index (κ3) is 10.9. The van der Waals surface area contributed by atoms with Gasteiger partial charge in [-0.15, -0.1) is 0 Å². The molecule has 0 radical (unpaired) electrons. The van der Waals surface area contributed by atoms with E-state index in [0.29, 0.717) is 32.1 Å². The van der Waals surface area contributed by atoms with Gasteiger partial charge in [-0.25, -0.2) is 4.79 Å². The van der Waals surface area contributed by atoms with Crippen LogP contribution in [-0.2, 0) is 61.7 Å². The summed E-state index contributed by atoms with van der Waals surface area (Å²) in [6.45, 7) is 17.3. The number of ether oxygens (including phenoxy) is 11. The molecule has 3 unspecified atom stereocenters. The Labute approximate surface area is 494 Å². The van der Waals surface area contributed by atoms with Crippen LogP contribution < -0.4 is 0 Å². The van der Waals surface area contributed by atoms with Crippen LogP contribution in [0, 0.1) is 50.2 Å². The molecule has 85 heavy (non-hydrogen) atoms. The van der Waals surface area contributed by atoms with Crippen LogP contribution in [0.2, 0.25) is 0 Å². The van der Waals surface area contributed by atoms with Crippen molar-refractivity contribution in [2.45, 2.75) is 274 Å². The van der Waals surface area contributed by atoms with Gasteiger partial charge in [-0.3, -0.25) is 4.79 Å². The van der Waals surface area contributed by atoms with E-state index in [1.165, 1.54) is 13.8 Å². The van der Waals surface area contributed by atoms with Gasteiger partial charge in [-0.1, -0.05) is 60.1 Å². The minimum atomic E-state index is -1.99. The molecule has 4 saturated carbocycles. The standard InChI is InChI=1S/C59H94O26/c1-23-33(63)35(65)40(70)49(78-23)82-44-28(61)22-77-52(46(44)84-50-42(72)38(68)43(24(2)79-50)81-48-39(69)34(64)27(60)21-76-48)85-53(74)59-18-17-54(3,4)19-26(59)25-11-12-30-56(7)15-14-32(80-51-41(71)36(66)37(67)45(83-51)47(73)75-10)55(5,6)29(56)13-16-57(30,8)58(25,9)20-31(59)62/h11,23-24,26-46,48-52,60-72H,12-22H2,1-10H3/t23-,24-,26?,27+,28+,29?,30?,31+,32-,33-,34-,35+,36-,37-,38-,39+,40+,41+,42+,43-,44-,45-,46+,48-,49-,50-,51+,52-,56-,57+,58+,59+/m0/s1. The van der Waals surface area contributed by atoms with E-state index in [-0.39, 0.29) is 35.5 Å². The monoisotopic (exact) mass is 1220 g/mol. The van der Waals surface area contributed by atoms with Crippen molar-refractivity contribution >= 4 is 11.9 Å². The summed E-state index contributed by atoms with van der Waals surface area (Å²) in [4.78, 5) is 28.4. The molecule has 0 spiro atoms. The molecule has 5 saturated heterocycles. The second-order valence-electron chi connectivity index (χ2n) is 28.5. The van der Waals surface area contributed by atoms with Crippen molar-refractivity contribution in [2.75, 3.05) is 20.3 Å². The number of hydrogen-bond acceptors (Lipinski definition) is 26. The smallest absolute Gasteiger partial charge is 0.337 e. The summed E-state index contributed by atoms with van der Waals surface area (Å²) in [7, 11) is 1.13. The Balaban J connectivity index is 0.926. The van der Waals surface area contributed by atoms with E-state index >= 15 is 4.79 Å². The minimum Gasteiger partial charge on any atom is -0.467 e. The summed E-state index contributed by atoms with van der Waals surface area (Å²) in [5.41, 5.74) is -2.70. The number of carbonyl (C=O) groups excluding carboxylic acids is 2. The first kappa shape index (κ1) is 65.7. The molecule has 32 atom stereocenters. The summed E-state index contributed by atoms with van der Waals surface area (Å²) in [6, 6.07) is 0. The van der Waals surface area contributed by atoms with Crippen LogP contribution in [0.4, 0.5) is 0 Å². The van der Waals surface area contributed by atoms with Gasteiger partial charge in [0.15, 0.2) is 37.4 Å². The average Bonchev–Trinajstić information content (AvgIpc) is 0.681. The zero-order valence-corrected chi connectivity index (χ0v) is 50.1. The lowest BCUT2D eigenvalue weighted by Gasteiger charge is -2.71. The van der Waals surface area contributed by atoms with Gasteiger partial charge in [-0.2, -0.15) is 0 Å². The molecule has 0 aromatic carbocycles. The van der Waals surface area contributed by atoms with Crippen molar-refractivity contribution in [3.63, 3.8) is 0 Å². The first-order valence-electron chi connectivity index (χ1n) is 30.3. The number of hydrogen-bond donors (Lipinski definition) is 13. The number of carbonyl (C=O) groups is 2. The molecule has 0 bridgehead atoms. The number of esters is 2. The average molecular weight is 1220 g/mol. The summed E-state index contributed by atoms with van der Waals surface area (Å²) < 4.78 is 65.4. The summed E-state index contributed by atoms with van der Waals surface area (Å²) in [5, 5.41) is 144. The highest BCUT2D eigenvalue weighted by Gasteiger charge is 2.72. The van der Waals surface area contributed by atoms with E-state index < -0.39 is 206 Å². The van der Waals surface area contributed by atoms with Crippen molar-refractivity contribution in [1.82, 2.24) is 0 Å². The van der Waals surface area contributed by atoms with Gasteiger partial charge in [0, 0.05) is 0 Å². The van der Waals surface area contributed by atoms with Crippen molar-refractivity contribution < 1.29 is 128 Å². The van der Waals surface area contributed by atoms with Crippen LogP contribution in [0.25, 0.3) is 0 Å². The molecule has 13 N–H and O–H groups in total. The Kier molecular flexibility index (Phi) is 18.4. The highest BCUT2D eigenvalue weighted by Crippen LogP contribution is 2.76. The molecule has 26 heteroatoms. The first-order chi connectivity index (χ1) is 39.7. The molecule has 9 fully saturated rings. The van der Waals surface area contributed by atoms with Crippen molar-refractivity contribution in [2.24, 2.45) is 50.2 Å². The topological polar surface area (TPSA) is 399 Å². The van der Waals surface area contributed by atoms with E-state index in [2.05, 4.69) is 54.5 Å². The van der Waals surface area contributed by atoms with E-state index in [4.69, 9.17) is 52.1 Å². The lowest BCUT2D eigenvalue weighted by atomic mass is 9.33. The Morgan fingerprint density at radius 3 is 1.79 bits per heavy atom. The highest BCUT2D eigenvalue weighted by molar-refractivity contribution is 5.80. The Morgan fingerprint density at radius 1 is 0.541 bits per heavy atom. The predicted octanol–water partition coefficient (Wildman–Crippen LogP) is -1.73. The van der Waals surface area contributed by atoms with Crippen LogP contribution in [0.5, 0.6) is 0 Å². The Hall–Kier alpha value is -2.20. The highest BCUT2D eigenvalue weighted by atomic mass is 16.8. The zero-order valence-electron chi connectivity index (χ0n) is 50.1. The summed E-state index contributed by atoms with van der Waals surface area (Å²) in [5.74, 6) is -2.15. The van der Waals surface area contributed by atoms with Crippen LogP contribution in [0.3, 0.4) is 0 Å². The maximum absolute atomic E-state index is 15.8. The van der Waals surface area contributed by atoms with E-state index in [1.54, 1.807) is 0 Å². The van der Waals surface area contributed by atoms with Crippen molar-refractivity contribution in [3.05, 3.63) is 11.6 Å². The number of allylic oxidation sites excluding steroid dienone is 2. The molecule has 10 aliphatic rings. The fourth-order valence-electron chi connectivity index (χ4n) is 17.5. The molecular formula is C59H94O26. The molecule has 5 heterocycles. The zero-order chi connectivity index (χ0) is 62.2. The molecule has 0 aromatic heterocycles. The number of rotatable bonds is 11. The second kappa shape index (κ2) is 23.8. The molecule has 0 aromatic rings. The number of fused-ring (bicyclic) bond motifs is 7. The fourth-order valence-corrected chi connectivity index (χ4v) is 17.5. The number of aliphatic hydroxyl groups is 13. The van der Waals surface area contributed by atoms with Gasteiger partial charge in [0.2, 0.25) is 6.29 Å².